The molecular formula is C27H33Cl2N7O2SSi. The Morgan fingerprint density at radius 3 is 2.58 bits per heavy atom. The average molecular weight is 619 g/mol. The fraction of sp³-hybridized carbons (Fsp3) is 0.333. The predicted molar refractivity (Wildman–Crippen MR) is 168 cm³/mol. The van der Waals surface area contributed by atoms with Crippen molar-refractivity contribution < 1.29 is 9.53 Å². The Hall–Kier alpha value is -2.83. The van der Waals surface area contributed by atoms with Crippen LogP contribution in [0.5, 0.6) is 0 Å². The Kier molecular flexibility index (Phi) is 9.01. The molecule has 1 aliphatic rings. The Morgan fingerprint density at radius 2 is 1.90 bits per heavy atom. The lowest BCUT2D eigenvalue weighted by atomic mass is 10.1. The van der Waals surface area contributed by atoms with Crippen molar-refractivity contribution in [2.45, 2.75) is 45.4 Å². The lowest BCUT2D eigenvalue weighted by Crippen LogP contribution is -2.42. The lowest BCUT2D eigenvalue weighted by molar-refractivity contribution is 0.0883. The fourth-order valence-corrected chi connectivity index (χ4v) is 5.53. The number of halogens is 2. The molecule has 0 aliphatic carbocycles. The van der Waals surface area contributed by atoms with Gasteiger partial charge in [-0.15, -0.1) is 0 Å². The number of amides is 1. The molecule has 40 heavy (non-hydrogen) atoms. The van der Waals surface area contributed by atoms with Gasteiger partial charge in [0.1, 0.15) is 24.1 Å². The quantitative estimate of drug-likeness (QED) is 0.183. The lowest BCUT2D eigenvalue weighted by Gasteiger charge is -2.32. The van der Waals surface area contributed by atoms with E-state index in [4.69, 9.17) is 38.7 Å². The smallest absolute Gasteiger partial charge is 0.277 e. The van der Waals surface area contributed by atoms with Gasteiger partial charge >= 0.3 is 0 Å². The van der Waals surface area contributed by atoms with E-state index in [-0.39, 0.29) is 25.4 Å². The molecule has 0 unspecified atom stereocenters. The number of carbonyl (C=O) groups excluding carboxylic acids is 1. The first-order chi connectivity index (χ1) is 18.5. The molecule has 9 nitrogen and oxygen atoms in total. The van der Waals surface area contributed by atoms with E-state index in [0.717, 1.165) is 11.6 Å². The van der Waals surface area contributed by atoms with E-state index in [2.05, 4.69) is 29.7 Å². The number of hydrogen-bond donors (Lipinski definition) is 1. The molecule has 4 heterocycles. The maximum absolute atomic E-state index is 13.8. The number of carbonyl (C=O) groups is 1. The highest BCUT2D eigenvalue weighted by Crippen LogP contribution is 2.35. The van der Waals surface area contributed by atoms with Crippen LogP contribution in [0.25, 0.3) is 22.6 Å². The molecule has 212 valence electrons. The molecule has 0 fully saturated rings. The van der Waals surface area contributed by atoms with Crippen molar-refractivity contribution in [1.29, 1.82) is 0 Å². The van der Waals surface area contributed by atoms with Crippen LogP contribution in [0.2, 0.25) is 35.7 Å². The highest BCUT2D eigenvalue weighted by Gasteiger charge is 2.34. The first-order valence-corrected chi connectivity index (χ1v) is 17.2. The Bertz CT molecular complexity index is 1520. The van der Waals surface area contributed by atoms with Gasteiger partial charge in [-0.2, -0.15) is 18.6 Å². The van der Waals surface area contributed by atoms with E-state index in [1.165, 1.54) is 0 Å². The molecule has 1 aromatic carbocycles. The molecule has 4 aromatic rings. The normalized spacial score (nSPS) is 15.2. The van der Waals surface area contributed by atoms with Crippen molar-refractivity contribution in [3.63, 3.8) is 0 Å². The van der Waals surface area contributed by atoms with Gasteiger partial charge in [-0.05, 0) is 43.3 Å². The monoisotopic (exact) mass is 617 g/mol. The van der Waals surface area contributed by atoms with Gasteiger partial charge in [-0.25, -0.2) is 9.97 Å². The molecule has 13 heteroatoms. The summed E-state index contributed by atoms with van der Waals surface area (Å²) >= 11 is 12.4. The van der Waals surface area contributed by atoms with Crippen molar-refractivity contribution in [2.75, 3.05) is 23.8 Å². The van der Waals surface area contributed by atoms with Gasteiger partial charge in [0.25, 0.3) is 5.91 Å². The van der Waals surface area contributed by atoms with Gasteiger partial charge in [0, 0.05) is 44.9 Å². The Labute approximate surface area is 251 Å². The number of imidazole rings is 1. The molecule has 0 spiro atoms. The second-order valence-electron chi connectivity index (χ2n) is 11.0. The average Bonchev–Trinajstić information content (AvgIpc) is 3.51. The third kappa shape index (κ3) is 6.23. The van der Waals surface area contributed by atoms with Gasteiger partial charge in [0.2, 0.25) is 0 Å². The number of fused-ring (bicyclic) bond motifs is 1. The van der Waals surface area contributed by atoms with E-state index in [9.17, 15) is 4.79 Å². The molecular weight excluding hydrogens is 585 g/mol. The Balaban J connectivity index is 0.00000370. The molecule has 3 aromatic heterocycles. The summed E-state index contributed by atoms with van der Waals surface area (Å²) in [6, 6.07) is 9.81. The van der Waals surface area contributed by atoms with Gasteiger partial charge in [0.05, 0.1) is 33.5 Å². The molecule has 1 amide bonds. The molecule has 0 radical (unpaired) electrons. The van der Waals surface area contributed by atoms with E-state index >= 15 is 0 Å². The topological polar surface area (TPSA) is 104 Å². The molecule has 1 aliphatic heterocycles. The zero-order chi connectivity index (χ0) is 27.9. The first-order valence-electron chi connectivity index (χ1n) is 12.7. The highest BCUT2D eigenvalue weighted by atomic mass is 35.5. The minimum atomic E-state index is -1.23. The van der Waals surface area contributed by atoms with Crippen LogP contribution in [-0.4, -0.2) is 51.4 Å². The number of rotatable bonds is 8. The van der Waals surface area contributed by atoms with E-state index in [1.54, 1.807) is 46.2 Å². The highest BCUT2D eigenvalue weighted by molar-refractivity contribution is 7.59. The number of anilines is 2. The third-order valence-electron chi connectivity index (χ3n) is 6.65. The number of aromatic nitrogens is 5. The standard InChI is InChI=1S/C27H31Cl2N7O2Si.H2S/c1-17-14-35(19-6-7-21(28)22(29)11-19)27(37)25-20(13-32-36(17)25)23-15-34(16-38-9-10-39(2,3)4)26(33-23)18-5-8-24(30)31-12-18;/h5-8,11-13,15,17H,9-10,14,16H2,1-4H3,(H2,30,31);1H2/t17-;/m0./s1. The predicted octanol–water partition coefficient (Wildman–Crippen LogP) is 6.34. The minimum Gasteiger partial charge on any atom is -0.384 e. The van der Waals surface area contributed by atoms with Gasteiger partial charge < -0.3 is 19.9 Å². The summed E-state index contributed by atoms with van der Waals surface area (Å²) in [5, 5.41) is 5.40. The number of pyridine rings is 1. The van der Waals surface area contributed by atoms with Crippen LogP contribution < -0.4 is 10.6 Å². The van der Waals surface area contributed by atoms with Crippen LogP contribution in [0.15, 0.2) is 48.9 Å². The third-order valence-corrected chi connectivity index (χ3v) is 9.09. The molecule has 1 atom stereocenters. The van der Waals surface area contributed by atoms with Gasteiger partial charge in [-0.1, -0.05) is 42.8 Å². The van der Waals surface area contributed by atoms with Crippen molar-refractivity contribution >= 4 is 62.2 Å². The van der Waals surface area contributed by atoms with Crippen LogP contribution in [-0.2, 0) is 11.5 Å². The van der Waals surface area contributed by atoms with Crippen molar-refractivity contribution in [2.24, 2.45) is 0 Å². The van der Waals surface area contributed by atoms with Crippen LogP contribution in [0, 0.1) is 0 Å². The zero-order valence-electron chi connectivity index (χ0n) is 22.9. The fourth-order valence-electron chi connectivity index (χ4n) is 4.48. The summed E-state index contributed by atoms with van der Waals surface area (Å²) in [4.78, 5) is 24.7. The summed E-state index contributed by atoms with van der Waals surface area (Å²) in [7, 11) is -1.23. The second kappa shape index (κ2) is 12.0. The number of nitrogens with zero attached hydrogens (tertiary/aromatic N) is 6. The van der Waals surface area contributed by atoms with E-state index in [1.807, 2.05) is 23.8 Å². The maximum atomic E-state index is 13.8. The largest absolute Gasteiger partial charge is 0.384 e. The van der Waals surface area contributed by atoms with Gasteiger partial charge in [-0.3, -0.25) is 9.48 Å². The van der Waals surface area contributed by atoms with Crippen LogP contribution in [0.4, 0.5) is 11.5 Å². The molecule has 0 saturated heterocycles. The second-order valence-corrected chi connectivity index (χ2v) is 17.4. The maximum Gasteiger partial charge on any atom is 0.277 e. The molecule has 0 bridgehead atoms. The summed E-state index contributed by atoms with van der Waals surface area (Å²) in [5.74, 6) is 0.912. The number of ether oxygens (including phenoxy) is 1. The summed E-state index contributed by atoms with van der Waals surface area (Å²) in [6.45, 7) is 10.4. The molecule has 0 saturated carbocycles. The van der Waals surface area contributed by atoms with Crippen LogP contribution in [0.1, 0.15) is 23.5 Å². The zero-order valence-corrected chi connectivity index (χ0v) is 26.4. The minimum absolute atomic E-state index is 0. The number of benzene rings is 1. The molecule has 2 N–H and O–H groups in total. The summed E-state index contributed by atoms with van der Waals surface area (Å²) in [6.07, 6.45) is 5.28. The summed E-state index contributed by atoms with van der Waals surface area (Å²) < 4.78 is 9.75. The SMILES string of the molecule is C[C@H]1CN(c2ccc(Cl)c(Cl)c2)C(=O)c2c(-c3cn(COCC[Si](C)(C)C)c(-c4ccc(N)nc4)n3)cnn21.S. The van der Waals surface area contributed by atoms with E-state index < -0.39 is 8.07 Å². The first kappa shape index (κ1) is 30.1. The van der Waals surface area contributed by atoms with Crippen molar-refractivity contribution in [3.05, 3.63) is 64.7 Å². The van der Waals surface area contributed by atoms with E-state index in [0.29, 0.717) is 64.2 Å². The molecule has 5 rings (SSSR count). The number of hydrogen-bond acceptors (Lipinski definition) is 6. The van der Waals surface area contributed by atoms with Gasteiger partial charge in [0.15, 0.2) is 0 Å². The van der Waals surface area contributed by atoms with Crippen molar-refractivity contribution in [1.82, 2.24) is 24.3 Å². The van der Waals surface area contributed by atoms with Crippen molar-refractivity contribution in [3.8, 4) is 22.6 Å². The Morgan fingerprint density at radius 1 is 1.12 bits per heavy atom. The number of nitrogen functional groups attached to an aromatic ring is 1. The van der Waals surface area contributed by atoms with Crippen LogP contribution >= 0.6 is 36.7 Å². The number of nitrogens with two attached hydrogens (primary N) is 1. The van der Waals surface area contributed by atoms with Crippen LogP contribution in [0.3, 0.4) is 0 Å². The summed E-state index contributed by atoms with van der Waals surface area (Å²) in [5.41, 5.74) is 9.01.